The fourth-order valence-corrected chi connectivity index (χ4v) is 2.84. The molecular formula is C12H15N3O5S. The van der Waals surface area contributed by atoms with Gasteiger partial charge >= 0.3 is 5.97 Å². The molecule has 8 nitrogen and oxygen atoms in total. The number of carboxylic acids is 1. The molecule has 1 aliphatic rings. The third-order valence-electron chi connectivity index (χ3n) is 3.27. The predicted octanol–water partition coefficient (Wildman–Crippen LogP) is -0.654. The highest BCUT2D eigenvalue weighted by Gasteiger charge is 2.28. The number of hydrogen-bond donors (Lipinski definition) is 2. The molecule has 9 heteroatoms. The van der Waals surface area contributed by atoms with Crippen molar-refractivity contribution in [3.8, 4) is 0 Å². The first kappa shape index (κ1) is 15.4. The number of piperazine rings is 1. The topological polar surface area (TPSA) is 121 Å². The van der Waals surface area contributed by atoms with E-state index in [2.05, 4.69) is 0 Å². The summed E-state index contributed by atoms with van der Waals surface area (Å²) in [6, 6.07) is 5.92. The van der Waals surface area contributed by atoms with Crippen molar-refractivity contribution in [1.82, 2.24) is 9.21 Å². The molecule has 2 rings (SSSR count). The van der Waals surface area contributed by atoms with E-state index >= 15 is 0 Å². The number of carbonyl (C=O) groups is 2. The lowest BCUT2D eigenvalue weighted by Crippen LogP contribution is -2.52. The summed E-state index contributed by atoms with van der Waals surface area (Å²) in [6.45, 7) is 0.534. The second-order valence-electron chi connectivity index (χ2n) is 4.59. The molecule has 0 bridgehead atoms. The maximum Gasteiger partial charge on any atom is 0.336 e. The second kappa shape index (κ2) is 5.80. The molecule has 1 amide bonds. The number of carbonyl (C=O) groups excluding carboxylic acids is 1. The summed E-state index contributed by atoms with van der Waals surface area (Å²) < 4.78 is 23.5. The van der Waals surface area contributed by atoms with Crippen LogP contribution in [0.2, 0.25) is 0 Å². The van der Waals surface area contributed by atoms with Crippen LogP contribution in [0.5, 0.6) is 0 Å². The van der Waals surface area contributed by atoms with E-state index in [1.807, 2.05) is 0 Å². The number of nitrogens with zero attached hydrogens (tertiary/aromatic N) is 2. The molecule has 0 aromatic heterocycles. The van der Waals surface area contributed by atoms with Crippen molar-refractivity contribution in [3.63, 3.8) is 0 Å². The number of amides is 1. The summed E-state index contributed by atoms with van der Waals surface area (Å²) in [7, 11) is -3.76. The van der Waals surface area contributed by atoms with Gasteiger partial charge in [-0.3, -0.25) is 4.79 Å². The molecule has 1 heterocycles. The van der Waals surface area contributed by atoms with Crippen LogP contribution >= 0.6 is 0 Å². The number of hydrogen-bond acceptors (Lipinski definition) is 4. The SMILES string of the molecule is NS(=O)(=O)N1CCN(C(=O)c2ccccc2C(=O)O)CC1. The highest BCUT2D eigenvalue weighted by atomic mass is 32.2. The van der Waals surface area contributed by atoms with Crippen molar-refractivity contribution in [2.24, 2.45) is 5.14 Å². The van der Waals surface area contributed by atoms with Gasteiger partial charge in [0, 0.05) is 26.2 Å². The zero-order valence-corrected chi connectivity index (χ0v) is 11.9. The van der Waals surface area contributed by atoms with E-state index in [-0.39, 0.29) is 37.3 Å². The summed E-state index contributed by atoms with van der Waals surface area (Å²) in [6.07, 6.45) is 0. The van der Waals surface area contributed by atoms with Crippen LogP contribution in [0, 0.1) is 0 Å². The smallest absolute Gasteiger partial charge is 0.336 e. The Morgan fingerprint density at radius 2 is 1.57 bits per heavy atom. The zero-order chi connectivity index (χ0) is 15.6. The zero-order valence-electron chi connectivity index (χ0n) is 11.1. The van der Waals surface area contributed by atoms with Crippen molar-refractivity contribution >= 4 is 22.1 Å². The van der Waals surface area contributed by atoms with Crippen LogP contribution in [0.1, 0.15) is 20.7 Å². The van der Waals surface area contributed by atoms with Crippen LogP contribution in [0.3, 0.4) is 0 Å². The highest BCUT2D eigenvalue weighted by Crippen LogP contribution is 2.14. The number of rotatable bonds is 3. The Balaban J connectivity index is 2.15. The molecule has 0 atom stereocenters. The molecule has 0 spiro atoms. The summed E-state index contributed by atoms with van der Waals surface area (Å²) in [5, 5.41) is 14.1. The summed E-state index contributed by atoms with van der Waals surface area (Å²) in [5.41, 5.74) is 0.0189. The molecule has 0 unspecified atom stereocenters. The average molecular weight is 313 g/mol. The molecule has 21 heavy (non-hydrogen) atoms. The van der Waals surface area contributed by atoms with E-state index in [0.29, 0.717) is 0 Å². The Morgan fingerprint density at radius 1 is 1.05 bits per heavy atom. The Bertz CT molecular complexity index is 665. The van der Waals surface area contributed by atoms with Gasteiger partial charge in [0.2, 0.25) is 0 Å². The fourth-order valence-electron chi connectivity index (χ4n) is 2.17. The van der Waals surface area contributed by atoms with E-state index in [1.165, 1.54) is 17.0 Å². The Hall–Kier alpha value is -1.97. The van der Waals surface area contributed by atoms with Crippen LogP contribution in [0.4, 0.5) is 0 Å². The molecule has 0 saturated carbocycles. The minimum atomic E-state index is -3.76. The van der Waals surface area contributed by atoms with Gasteiger partial charge in [-0.1, -0.05) is 12.1 Å². The van der Waals surface area contributed by atoms with Crippen molar-refractivity contribution in [1.29, 1.82) is 0 Å². The van der Waals surface area contributed by atoms with Crippen molar-refractivity contribution in [2.45, 2.75) is 0 Å². The van der Waals surface area contributed by atoms with Gasteiger partial charge in [0.05, 0.1) is 11.1 Å². The molecule has 1 saturated heterocycles. The van der Waals surface area contributed by atoms with E-state index in [4.69, 9.17) is 10.2 Å². The third kappa shape index (κ3) is 3.38. The normalized spacial score (nSPS) is 16.7. The molecule has 1 fully saturated rings. The summed E-state index contributed by atoms with van der Waals surface area (Å²) in [4.78, 5) is 24.9. The van der Waals surface area contributed by atoms with Gasteiger partial charge in [0.1, 0.15) is 0 Å². The van der Waals surface area contributed by atoms with Gasteiger partial charge < -0.3 is 10.0 Å². The number of aromatic carboxylic acids is 1. The third-order valence-corrected chi connectivity index (χ3v) is 4.36. The van der Waals surface area contributed by atoms with E-state index < -0.39 is 22.1 Å². The summed E-state index contributed by atoms with van der Waals surface area (Å²) >= 11 is 0. The molecule has 1 aromatic carbocycles. The highest BCUT2D eigenvalue weighted by molar-refractivity contribution is 7.86. The lowest BCUT2D eigenvalue weighted by Gasteiger charge is -2.33. The first-order valence-corrected chi connectivity index (χ1v) is 7.70. The minimum Gasteiger partial charge on any atom is -0.478 e. The van der Waals surface area contributed by atoms with Crippen LogP contribution < -0.4 is 5.14 Å². The Morgan fingerprint density at radius 3 is 2.05 bits per heavy atom. The minimum absolute atomic E-state index is 0.0728. The van der Waals surface area contributed by atoms with Crippen LogP contribution in [-0.4, -0.2) is 60.8 Å². The van der Waals surface area contributed by atoms with Crippen LogP contribution in [-0.2, 0) is 10.2 Å². The maximum absolute atomic E-state index is 12.3. The van der Waals surface area contributed by atoms with Gasteiger partial charge in [0.25, 0.3) is 16.1 Å². The van der Waals surface area contributed by atoms with Crippen LogP contribution in [0.25, 0.3) is 0 Å². The number of nitrogens with two attached hydrogens (primary N) is 1. The van der Waals surface area contributed by atoms with Crippen molar-refractivity contribution in [2.75, 3.05) is 26.2 Å². The fraction of sp³-hybridized carbons (Fsp3) is 0.333. The predicted molar refractivity (Wildman–Crippen MR) is 74.0 cm³/mol. The van der Waals surface area contributed by atoms with Gasteiger partial charge in [-0.15, -0.1) is 0 Å². The largest absolute Gasteiger partial charge is 0.478 e. The standard InChI is InChI=1S/C12H15N3O5S/c13-21(19,20)15-7-5-14(6-8-15)11(16)9-3-1-2-4-10(9)12(17)18/h1-4H,5-8H2,(H,17,18)(H2,13,19,20). The first-order chi connectivity index (χ1) is 9.80. The van der Waals surface area contributed by atoms with E-state index in [0.717, 1.165) is 4.31 Å². The van der Waals surface area contributed by atoms with Crippen molar-refractivity contribution in [3.05, 3.63) is 35.4 Å². The second-order valence-corrected chi connectivity index (χ2v) is 6.13. The molecule has 114 valence electrons. The lowest BCUT2D eigenvalue weighted by molar-refractivity contribution is 0.0656. The molecule has 1 aliphatic heterocycles. The molecule has 0 radical (unpaired) electrons. The first-order valence-electron chi connectivity index (χ1n) is 6.20. The van der Waals surface area contributed by atoms with Gasteiger partial charge in [0.15, 0.2) is 0 Å². The number of benzene rings is 1. The average Bonchev–Trinajstić information content (AvgIpc) is 2.45. The van der Waals surface area contributed by atoms with Gasteiger partial charge in [-0.05, 0) is 12.1 Å². The molecule has 3 N–H and O–H groups in total. The lowest BCUT2D eigenvalue weighted by atomic mass is 10.1. The van der Waals surface area contributed by atoms with E-state index in [9.17, 15) is 18.0 Å². The molecular weight excluding hydrogens is 298 g/mol. The summed E-state index contributed by atoms with van der Waals surface area (Å²) in [5.74, 6) is -1.61. The number of carboxylic acid groups (broad SMARTS) is 1. The monoisotopic (exact) mass is 313 g/mol. The quantitative estimate of drug-likeness (QED) is 0.768. The Kier molecular flexibility index (Phi) is 4.26. The molecule has 0 aliphatic carbocycles. The van der Waals surface area contributed by atoms with Gasteiger partial charge in [-0.2, -0.15) is 12.7 Å². The van der Waals surface area contributed by atoms with E-state index in [1.54, 1.807) is 12.1 Å². The van der Waals surface area contributed by atoms with Gasteiger partial charge in [-0.25, -0.2) is 9.93 Å². The van der Waals surface area contributed by atoms with Crippen molar-refractivity contribution < 1.29 is 23.1 Å². The Labute approximate surface area is 121 Å². The molecule has 1 aromatic rings. The maximum atomic E-state index is 12.3. The van der Waals surface area contributed by atoms with Crippen LogP contribution in [0.15, 0.2) is 24.3 Å².